The molecule has 0 unspecified atom stereocenters. The fourth-order valence-electron chi connectivity index (χ4n) is 5.56. The summed E-state index contributed by atoms with van der Waals surface area (Å²) >= 11 is 0. The van der Waals surface area contributed by atoms with Crippen molar-refractivity contribution in [1.82, 2.24) is 4.57 Å². The number of benzene rings is 3. The lowest BCUT2D eigenvalue weighted by molar-refractivity contribution is -0.118. The van der Waals surface area contributed by atoms with Crippen LogP contribution in [-0.4, -0.2) is 22.4 Å². The Morgan fingerprint density at radius 3 is 2.11 bits per heavy atom. The topological polar surface area (TPSA) is 45.6 Å². The molecule has 0 radical (unpaired) electrons. The fourth-order valence-corrected chi connectivity index (χ4v) is 5.56. The molecule has 2 atom stereocenters. The van der Waals surface area contributed by atoms with Gasteiger partial charge in [-0.15, -0.1) is 0 Å². The van der Waals surface area contributed by atoms with Gasteiger partial charge in [0.15, 0.2) is 0 Å². The molecule has 5 nitrogen and oxygen atoms in total. The van der Waals surface area contributed by atoms with Crippen molar-refractivity contribution in [2.45, 2.75) is 52.6 Å². The Hall–Kier alpha value is -4.12. The molecule has 1 aliphatic heterocycles. The molecule has 1 aromatic heterocycles. The maximum atomic E-state index is 13.9. The van der Waals surface area contributed by atoms with Crippen molar-refractivity contribution < 1.29 is 9.59 Å². The maximum Gasteiger partial charge on any atom is 0.258 e. The van der Waals surface area contributed by atoms with Crippen LogP contribution >= 0.6 is 0 Å². The summed E-state index contributed by atoms with van der Waals surface area (Å²) in [6.45, 7) is 8.13. The number of hydrogen-bond acceptors (Lipinski definition) is 2. The van der Waals surface area contributed by atoms with Gasteiger partial charge in [0.05, 0.1) is 6.04 Å². The molecule has 0 saturated carbocycles. The van der Waals surface area contributed by atoms with Crippen molar-refractivity contribution in [3.63, 3.8) is 0 Å². The minimum atomic E-state index is -0.146. The van der Waals surface area contributed by atoms with Crippen LogP contribution in [0.1, 0.15) is 60.0 Å². The lowest BCUT2D eigenvalue weighted by atomic mass is 9.89. The van der Waals surface area contributed by atoms with Crippen LogP contribution < -0.4 is 9.80 Å². The summed E-state index contributed by atoms with van der Waals surface area (Å²) in [7, 11) is 0. The van der Waals surface area contributed by atoms with Gasteiger partial charge < -0.3 is 14.4 Å². The molecule has 5 heteroatoms. The first-order chi connectivity index (χ1) is 17.9. The molecular weight excluding hydrogens is 458 g/mol. The molecule has 0 spiro atoms. The highest BCUT2D eigenvalue weighted by atomic mass is 16.2. The third kappa shape index (κ3) is 4.46. The Bertz CT molecular complexity index is 1400. The Morgan fingerprint density at radius 2 is 1.46 bits per heavy atom. The van der Waals surface area contributed by atoms with Crippen LogP contribution in [0.25, 0.3) is 5.69 Å². The first kappa shape index (κ1) is 24.6. The number of rotatable bonds is 5. The molecular formula is C32H33N3O2. The number of fused-ring (bicyclic) bond motifs is 1. The summed E-state index contributed by atoms with van der Waals surface area (Å²) < 4.78 is 2.18. The van der Waals surface area contributed by atoms with Gasteiger partial charge in [-0.2, -0.15) is 0 Å². The molecule has 2 heterocycles. The van der Waals surface area contributed by atoms with E-state index in [-0.39, 0.29) is 23.9 Å². The second kappa shape index (κ2) is 10.1. The van der Waals surface area contributed by atoms with Gasteiger partial charge in [-0.3, -0.25) is 9.59 Å². The molecule has 1 aliphatic rings. The van der Waals surface area contributed by atoms with Crippen LogP contribution in [0.5, 0.6) is 0 Å². The van der Waals surface area contributed by atoms with Gasteiger partial charge in [0.1, 0.15) is 0 Å². The van der Waals surface area contributed by atoms with Gasteiger partial charge in [-0.1, -0.05) is 43.3 Å². The van der Waals surface area contributed by atoms with Gasteiger partial charge in [-0.25, -0.2) is 0 Å². The van der Waals surface area contributed by atoms with Crippen LogP contribution in [-0.2, 0) is 4.79 Å². The van der Waals surface area contributed by atoms with Gasteiger partial charge in [0, 0.05) is 46.5 Å². The summed E-state index contributed by atoms with van der Waals surface area (Å²) in [5.41, 5.74) is 6.75. The van der Waals surface area contributed by atoms with E-state index in [1.165, 1.54) is 0 Å². The highest BCUT2D eigenvalue weighted by Crippen LogP contribution is 2.43. The Kier molecular flexibility index (Phi) is 6.70. The van der Waals surface area contributed by atoms with Gasteiger partial charge in [0.25, 0.3) is 5.91 Å². The number of para-hydroxylation sites is 2. The number of anilines is 2. The second-order valence-corrected chi connectivity index (χ2v) is 9.79. The van der Waals surface area contributed by atoms with E-state index >= 15 is 0 Å². The number of aromatic nitrogens is 1. The maximum absolute atomic E-state index is 13.9. The fraction of sp³-hybridized carbons (Fsp3) is 0.250. The molecule has 4 aromatic rings. The van der Waals surface area contributed by atoms with E-state index < -0.39 is 0 Å². The molecule has 3 aromatic carbocycles. The first-order valence-corrected chi connectivity index (χ1v) is 13.0. The number of carbonyl (C=O) groups excluding carboxylic acids is 2. The van der Waals surface area contributed by atoms with E-state index in [1.54, 1.807) is 0 Å². The summed E-state index contributed by atoms with van der Waals surface area (Å²) in [5.74, 6) is 0.0446. The van der Waals surface area contributed by atoms with E-state index in [0.717, 1.165) is 34.0 Å². The largest absolute Gasteiger partial charge is 0.319 e. The third-order valence-corrected chi connectivity index (χ3v) is 7.34. The van der Waals surface area contributed by atoms with Gasteiger partial charge >= 0.3 is 0 Å². The van der Waals surface area contributed by atoms with Crippen molar-refractivity contribution >= 4 is 23.2 Å². The molecule has 0 N–H and O–H groups in total. The number of nitrogens with zero attached hydrogens (tertiary/aromatic N) is 3. The predicted molar refractivity (Wildman–Crippen MR) is 150 cm³/mol. The summed E-state index contributed by atoms with van der Waals surface area (Å²) in [4.78, 5) is 30.9. The molecule has 0 saturated heterocycles. The first-order valence-electron chi connectivity index (χ1n) is 13.0. The lowest BCUT2D eigenvalue weighted by Gasteiger charge is -2.43. The van der Waals surface area contributed by atoms with Gasteiger partial charge in [-0.05, 0) is 87.4 Å². The highest BCUT2D eigenvalue weighted by molar-refractivity contribution is 6.07. The summed E-state index contributed by atoms with van der Waals surface area (Å²) in [6, 6.07) is 29.6. The van der Waals surface area contributed by atoms with Crippen molar-refractivity contribution in [3.05, 3.63) is 114 Å². The zero-order valence-electron chi connectivity index (χ0n) is 21.9. The number of aryl methyl sites for hydroxylation is 2. The minimum absolute atomic E-state index is 0.0287. The van der Waals surface area contributed by atoms with E-state index in [0.29, 0.717) is 18.4 Å². The molecule has 188 valence electrons. The SMILES string of the molecule is CCC(=O)N(c1ccccc1)[C@@H]1C[C@H](C)N(C(=O)c2ccc(-n3c(C)ccc3C)cc2)c2ccccc21. The molecule has 0 aliphatic carbocycles. The van der Waals surface area contributed by atoms with Crippen LogP contribution in [0, 0.1) is 13.8 Å². The zero-order chi connectivity index (χ0) is 26.1. The summed E-state index contributed by atoms with van der Waals surface area (Å²) in [5, 5.41) is 0. The number of carbonyl (C=O) groups is 2. The van der Waals surface area contributed by atoms with E-state index in [9.17, 15) is 9.59 Å². The Labute approximate surface area is 219 Å². The molecule has 2 amide bonds. The van der Waals surface area contributed by atoms with Gasteiger partial charge in [0.2, 0.25) is 5.91 Å². The van der Waals surface area contributed by atoms with Crippen molar-refractivity contribution in [1.29, 1.82) is 0 Å². The quantitative estimate of drug-likeness (QED) is 0.301. The minimum Gasteiger partial charge on any atom is -0.319 e. The zero-order valence-corrected chi connectivity index (χ0v) is 21.9. The van der Waals surface area contributed by atoms with Crippen molar-refractivity contribution in [2.24, 2.45) is 0 Å². The van der Waals surface area contributed by atoms with Crippen LogP contribution in [0.2, 0.25) is 0 Å². The molecule has 5 rings (SSSR count). The van der Waals surface area contributed by atoms with Crippen molar-refractivity contribution in [2.75, 3.05) is 9.80 Å². The average Bonchev–Trinajstić information content (AvgIpc) is 3.26. The Morgan fingerprint density at radius 1 is 0.838 bits per heavy atom. The van der Waals surface area contributed by atoms with Crippen molar-refractivity contribution in [3.8, 4) is 5.69 Å². The number of hydrogen-bond donors (Lipinski definition) is 0. The normalized spacial score (nSPS) is 16.8. The average molecular weight is 492 g/mol. The number of amides is 2. The monoisotopic (exact) mass is 491 g/mol. The molecule has 0 bridgehead atoms. The smallest absolute Gasteiger partial charge is 0.258 e. The van der Waals surface area contributed by atoms with E-state index in [1.807, 2.05) is 95.6 Å². The lowest BCUT2D eigenvalue weighted by Crippen LogP contribution is -2.47. The standard InChI is InChI=1S/C32H33N3O2/c1-5-31(36)35(26-11-7-6-8-12-26)30-21-24(4)34(29-14-10-9-13-28(29)30)32(37)25-17-19-27(20-18-25)33-22(2)15-16-23(33)3/h6-20,24,30H,5,21H2,1-4H3/t24-,30+/m0/s1. The van der Waals surface area contributed by atoms with Crippen LogP contribution in [0.15, 0.2) is 91.0 Å². The predicted octanol–water partition coefficient (Wildman–Crippen LogP) is 7.02. The van der Waals surface area contributed by atoms with Crippen LogP contribution in [0.3, 0.4) is 0 Å². The third-order valence-electron chi connectivity index (χ3n) is 7.34. The van der Waals surface area contributed by atoms with E-state index in [2.05, 4.69) is 37.5 Å². The summed E-state index contributed by atoms with van der Waals surface area (Å²) in [6.07, 6.45) is 1.07. The van der Waals surface area contributed by atoms with E-state index in [4.69, 9.17) is 0 Å². The van der Waals surface area contributed by atoms with Crippen LogP contribution in [0.4, 0.5) is 11.4 Å². The molecule has 0 fully saturated rings. The second-order valence-electron chi connectivity index (χ2n) is 9.79. The Balaban J connectivity index is 1.51. The molecule has 37 heavy (non-hydrogen) atoms. The highest BCUT2D eigenvalue weighted by Gasteiger charge is 2.38.